The van der Waals surface area contributed by atoms with E-state index in [2.05, 4.69) is 31.8 Å². The predicted octanol–water partition coefficient (Wildman–Crippen LogP) is 4.37. The van der Waals surface area contributed by atoms with Crippen LogP contribution in [0, 0.1) is 0 Å². The van der Waals surface area contributed by atoms with Gasteiger partial charge in [0.15, 0.2) is 0 Å². The summed E-state index contributed by atoms with van der Waals surface area (Å²) in [6, 6.07) is 5.95. The minimum atomic E-state index is -0.513. The van der Waals surface area contributed by atoms with E-state index in [0.29, 0.717) is 11.4 Å². The lowest BCUT2D eigenvalue weighted by molar-refractivity contribution is 0.182. The molecule has 2 rings (SSSR count). The highest BCUT2D eigenvalue weighted by molar-refractivity contribution is 7.12. The van der Waals surface area contributed by atoms with Gasteiger partial charge < -0.3 is 5.11 Å². The van der Waals surface area contributed by atoms with Crippen LogP contribution in [0.25, 0.3) is 0 Å². The van der Waals surface area contributed by atoms with Crippen molar-refractivity contribution in [1.29, 1.82) is 0 Å². The monoisotopic (exact) mass is 295 g/mol. The maximum absolute atomic E-state index is 10.3. The second kappa shape index (κ2) is 5.61. The molecule has 1 atom stereocenters. The first-order valence-corrected chi connectivity index (χ1v) is 7.44. The summed E-state index contributed by atoms with van der Waals surface area (Å²) in [6.45, 7) is 6.53. The highest BCUT2D eigenvalue weighted by Crippen LogP contribution is 2.33. The number of aliphatic hydroxyl groups excluding tert-OH is 1. The Balaban J connectivity index is 2.15. The van der Waals surface area contributed by atoms with Crippen LogP contribution < -0.4 is 0 Å². The van der Waals surface area contributed by atoms with E-state index >= 15 is 0 Å². The molecule has 0 saturated heterocycles. The fourth-order valence-corrected chi connectivity index (χ4v) is 3.06. The molecule has 0 amide bonds. The van der Waals surface area contributed by atoms with Crippen molar-refractivity contribution in [3.63, 3.8) is 0 Å². The second-order valence-electron chi connectivity index (χ2n) is 5.64. The lowest BCUT2D eigenvalue weighted by Crippen LogP contribution is -2.08. The zero-order chi connectivity index (χ0) is 14.0. The molecule has 0 aliphatic heterocycles. The van der Waals surface area contributed by atoms with Gasteiger partial charge in [-0.25, -0.2) is 0 Å². The molecular formula is C15H18ClNOS. The van der Waals surface area contributed by atoms with Crippen LogP contribution in [0.3, 0.4) is 0 Å². The molecule has 2 nitrogen and oxygen atoms in total. The summed E-state index contributed by atoms with van der Waals surface area (Å²) in [5.41, 5.74) is 1.05. The van der Waals surface area contributed by atoms with Crippen molar-refractivity contribution < 1.29 is 5.11 Å². The molecule has 4 heteroatoms. The lowest BCUT2D eigenvalue weighted by Gasteiger charge is -2.15. The number of aromatic nitrogens is 1. The zero-order valence-corrected chi connectivity index (χ0v) is 12.9. The number of aliphatic hydroxyl groups is 1. The van der Waals surface area contributed by atoms with Gasteiger partial charge in [0, 0.05) is 28.6 Å². The fraction of sp³-hybridized carbons (Fsp3) is 0.400. The van der Waals surface area contributed by atoms with Crippen LogP contribution in [0.4, 0.5) is 0 Å². The summed E-state index contributed by atoms with van der Waals surface area (Å²) < 4.78 is 0. The smallest absolute Gasteiger partial charge is 0.0922 e. The Bertz CT molecular complexity index is 559. The molecule has 2 heterocycles. The summed E-state index contributed by atoms with van der Waals surface area (Å²) in [4.78, 5) is 6.21. The summed E-state index contributed by atoms with van der Waals surface area (Å²) in [5.74, 6) is 0. The van der Waals surface area contributed by atoms with Crippen molar-refractivity contribution in [2.45, 2.75) is 38.7 Å². The highest BCUT2D eigenvalue weighted by atomic mass is 35.5. The van der Waals surface area contributed by atoms with Gasteiger partial charge in [-0.15, -0.1) is 11.3 Å². The summed E-state index contributed by atoms with van der Waals surface area (Å²) in [7, 11) is 0. The summed E-state index contributed by atoms with van der Waals surface area (Å²) >= 11 is 7.73. The van der Waals surface area contributed by atoms with Gasteiger partial charge in [-0.3, -0.25) is 4.98 Å². The van der Waals surface area contributed by atoms with Crippen LogP contribution >= 0.6 is 22.9 Å². The largest absolute Gasteiger partial charge is 0.387 e. The van der Waals surface area contributed by atoms with E-state index in [0.717, 1.165) is 10.4 Å². The lowest BCUT2D eigenvalue weighted by atomic mass is 9.95. The fourth-order valence-electron chi connectivity index (χ4n) is 1.81. The van der Waals surface area contributed by atoms with Crippen molar-refractivity contribution in [3.8, 4) is 0 Å². The summed E-state index contributed by atoms with van der Waals surface area (Å²) in [5, 5.41) is 10.9. The molecule has 0 aliphatic carbocycles. The van der Waals surface area contributed by atoms with Gasteiger partial charge in [-0.05, 0) is 29.2 Å². The Morgan fingerprint density at radius 2 is 2.05 bits per heavy atom. The van der Waals surface area contributed by atoms with Gasteiger partial charge in [-0.2, -0.15) is 0 Å². The average Bonchev–Trinajstić information content (AvgIpc) is 2.81. The van der Waals surface area contributed by atoms with Crippen molar-refractivity contribution in [2.75, 3.05) is 0 Å². The van der Waals surface area contributed by atoms with E-state index in [4.69, 9.17) is 11.6 Å². The molecule has 0 aliphatic rings. The molecular weight excluding hydrogens is 278 g/mol. The Morgan fingerprint density at radius 1 is 1.32 bits per heavy atom. The third-order valence-corrected chi connectivity index (χ3v) is 4.92. The first kappa shape index (κ1) is 14.5. The van der Waals surface area contributed by atoms with Crippen molar-refractivity contribution >= 4 is 22.9 Å². The van der Waals surface area contributed by atoms with Crippen molar-refractivity contribution in [2.24, 2.45) is 0 Å². The minimum absolute atomic E-state index is 0.122. The SMILES string of the molecule is CC(C)(C)c1ccc(C(O)Cc2ccncc2Cl)s1. The number of pyridine rings is 1. The Hall–Kier alpha value is -0.900. The van der Waals surface area contributed by atoms with Crippen LogP contribution in [0.5, 0.6) is 0 Å². The number of hydrogen-bond donors (Lipinski definition) is 1. The topological polar surface area (TPSA) is 33.1 Å². The minimum Gasteiger partial charge on any atom is -0.387 e. The van der Waals surface area contributed by atoms with E-state index in [1.165, 1.54) is 4.88 Å². The molecule has 0 aromatic carbocycles. The van der Waals surface area contributed by atoms with Gasteiger partial charge in [0.25, 0.3) is 0 Å². The quantitative estimate of drug-likeness (QED) is 0.912. The van der Waals surface area contributed by atoms with E-state index in [1.54, 1.807) is 23.7 Å². The van der Waals surface area contributed by atoms with Crippen molar-refractivity contribution in [1.82, 2.24) is 4.98 Å². The van der Waals surface area contributed by atoms with Gasteiger partial charge in [0.1, 0.15) is 0 Å². The van der Waals surface area contributed by atoms with Gasteiger partial charge in [-0.1, -0.05) is 32.4 Å². The van der Waals surface area contributed by atoms with Gasteiger partial charge in [0.2, 0.25) is 0 Å². The highest BCUT2D eigenvalue weighted by Gasteiger charge is 2.19. The molecule has 19 heavy (non-hydrogen) atoms. The third-order valence-electron chi connectivity index (χ3n) is 2.96. The van der Waals surface area contributed by atoms with E-state index in [9.17, 15) is 5.11 Å². The molecule has 1 unspecified atom stereocenters. The van der Waals surface area contributed by atoms with E-state index in [1.807, 2.05) is 12.1 Å². The van der Waals surface area contributed by atoms with Gasteiger partial charge in [0.05, 0.1) is 11.1 Å². The number of nitrogens with zero attached hydrogens (tertiary/aromatic N) is 1. The third kappa shape index (κ3) is 3.56. The standard InChI is InChI=1S/C15H18ClNOS/c1-15(2,3)14-5-4-13(19-14)12(18)8-10-6-7-17-9-11(10)16/h4-7,9,12,18H,8H2,1-3H3. The van der Waals surface area contributed by atoms with Crippen LogP contribution in [0.15, 0.2) is 30.6 Å². The molecule has 0 saturated carbocycles. The maximum Gasteiger partial charge on any atom is 0.0922 e. The maximum atomic E-state index is 10.3. The average molecular weight is 296 g/mol. The van der Waals surface area contributed by atoms with Crippen LogP contribution in [-0.2, 0) is 11.8 Å². The molecule has 102 valence electrons. The molecule has 2 aromatic rings. The van der Waals surface area contributed by atoms with Crippen LogP contribution in [0.2, 0.25) is 5.02 Å². The first-order valence-electron chi connectivity index (χ1n) is 6.24. The molecule has 0 radical (unpaired) electrons. The van der Waals surface area contributed by atoms with Crippen LogP contribution in [-0.4, -0.2) is 10.1 Å². The number of rotatable bonds is 3. The number of halogens is 1. The molecule has 1 N–H and O–H groups in total. The van der Waals surface area contributed by atoms with Gasteiger partial charge >= 0.3 is 0 Å². The Morgan fingerprint density at radius 3 is 2.63 bits per heavy atom. The van der Waals surface area contributed by atoms with Crippen LogP contribution in [0.1, 0.15) is 42.2 Å². The van der Waals surface area contributed by atoms with Crippen molar-refractivity contribution in [3.05, 3.63) is 50.9 Å². The predicted molar refractivity (Wildman–Crippen MR) is 80.9 cm³/mol. The van der Waals surface area contributed by atoms with E-state index < -0.39 is 6.10 Å². The molecule has 0 spiro atoms. The molecule has 0 fully saturated rings. The first-order chi connectivity index (χ1) is 8.88. The Kier molecular flexibility index (Phi) is 4.29. The Labute approximate surface area is 123 Å². The molecule has 0 bridgehead atoms. The number of hydrogen-bond acceptors (Lipinski definition) is 3. The van der Waals surface area contributed by atoms with E-state index in [-0.39, 0.29) is 5.41 Å². The zero-order valence-electron chi connectivity index (χ0n) is 11.4. The summed E-state index contributed by atoms with van der Waals surface area (Å²) in [6.07, 6.45) is 3.31. The normalized spacial score (nSPS) is 13.5. The molecule has 2 aromatic heterocycles. The second-order valence-corrected chi connectivity index (χ2v) is 7.16. The number of thiophene rings is 1.